The molecule has 1 aliphatic carbocycles. The number of carbonyl (C=O) groups is 1. The topological polar surface area (TPSA) is 38.3 Å². The van der Waals surface area contributed by atoms with E-state index in [0.717, 1.165) is 17.7 Å². The van der Waals surface area contributed by atoms with Gasteiger partial charge in [-0.25, -0.2) is 5.48 Å². The van der Waals surface area contributed by atoms with Crippen molar-refractivity contribution in [3.63, 3.8) is 0 Å². The molecule has 1 N–H and O–H groups in total. The normalized spacial score (nSPS) is 19.2. The van der Waals surface area contributed by atoms with E-state index in [9.17, 15) is 4.79 Å². The van der Waals surface area contributed by atoms with Gasteiger partial charge >= 0.3 is 0 Å². The summed E-state index contributed by atoms with van der Waals surface area (Å²) >= 11 is 0. The number of fused-ring (bicyclic) bond motifs is 1. The number of hydrogen-bond donors (Lipinski definition) is 1. The molecule has 0 spiro atoms. The highest BCUT2D eigenvalue weighted by molar-refractivity contribution is 6.03. The number of rotatable bonds is 4. The van der Waals surface area contributed by atoms with E-state index in [1.807, 2.05) is 24.3 Å². The molecule has 0 aliphatic heterocycles. The lowest BCUT2D eigenvalue weighted by Gasteiger charge is -2.12. The molecule has 0 saturated carbocycles. The molecular formula is C13H17NO2. The summed E-state index contributed by atoms with van der Waals surface area (Å²) in [6.45, 7) is 4.96. The van der Waals surface area contributed by atoms with E-state index in [0.29, 0.717) is 12.3 Å². The molecule has 1 atom stereocenters. The summed E-state index contributed by atoms with van der Waals surface area (Å²) in [7, 11) is 0. The maximum Gasteiger partial charge on any atom is 0.194 e. The summed E-state index contributed by atoms with van der Waals surface area (Å²) in [6.07, 6.45) is 0.330. The minimum absolute atomic E-state index is 0.0897. The van der Waals surface area contributed by atoms with E-state index >= 15 is 0 Å². The van der Waals surface area contributed by atoms with Gasteiger partial charge in [-0.3, -0.25) is 9.63 Å². The van der Waals surface area contributed by atoms with Crippen molar-refractivity contribution in [1.82, 2.24) is 5.48 Å². The number of benzene rings is 1. The second kappa shape index (κ2) is 4.76. The van der Waals surface area contributed by atoms with Crippen LogP contribution in [-0.4, -0.2) is 18.4 Å². The first-order valence-corrected chi connectivity index (χ1v) is 5.69. The van der Waals surface area contributed by atoms with Gasteiger partial charge in [0.05, 0.1) is 0 Å². The van der Waals surface area contributed by atoms with Gasteiger partial charge in [0.15, 0.2) is 5.78 Å². The second-order valence-corrected chi connectivity index (χ2v) is 4.57. The van der Waals surface area contributed by atoms with E-state index in [-0.39, 0.29) is 11.9 Å². The van der Waals surface area contributed by atoms with Gasteiger partial charge in [0, 0.05) is 18.5 Å². The molecule has 3 heteroatoms. The Morgan fingerprint density at radius 1 is 1.44 bits per heavy atom. The van der Waals surface area contributed by atoms with Crippen LogP contribution in [0, 0.1) is 5.92 Å². The van der Waals surface area contributed by atoms with Crippen LogP contribution in [0.5, 0.6) is 0 Å². The molecule has 0 bridgehead atoms. The molecule has 0 fully saturated rings. The second-order valence-electron chi connectivity index (χ2n) is 4.57. The van der Waals surface area contributed by atoms with Gasteiger partial charge in [-0.1, -0.05) is 38.1 Å². The van der Waals surface area contributed by atoms with Crippen LogP contribution >= 0.6 is 0 Å². The third kappa shape index (κ3) is 2.31. The SMILES string of the molecule is CC(C)CNOC1Cc2ccccc2C1=O. The molecule has 86 valence electrons. The highest BCUT2D eigenvalue weighted by Crippen LogP contribution is 2.23. The smallest absolute Gasteiger partial charge is 0.194 e. The molecule has 0 amide bonds. The Kier molecular flexibility index (Phi) is 3.36. The maximum atomic E-state index is 11.9. The van der Waals surface area contributed by atoms with Crippen LogP contribution in [0.1, 0.15) is 29.8 Å². The highest BCUT2D eigenvalue weighted by Gasteiger charge is 2.31. The summed E-state index contributed by atoms with van der Waals surface area (Å²) in [5, 5.41) is 0. The van der Waals surface area contributed by atoms with Gasteiger partial charge in [0.1, 0.15) is 6.10 Å². The van der Waals surface area contributed by atoms with E-state index in [2.05, 4.69) is 19.3 Å². The molecule has 3 nitrogen and oxygen atoms in total. The highest BCUT2D eigenvalue weighted by atomic mass is 16.7. The van der Waals surface area contributed by atoms with Gasteiger partial charge in [0.25, 0.3) is 0 Å². The molecule has 1 aliphatic rings. The Labute approximate surface area is 95.8 Å². The van der Waals surface area contributed by atoms with Crippen molar-refractivity contribution in [2.24, 2.45) is 5.92 Å². The fourth-order valence-corrected chi connectivity index (χ4v) is 1.82. The van der Waals surface area contributed by atoms with E-state index < -0.39 is 0 Å². The zero-order valence-corrected chi connectivity index (χ0v) is 9.69. The number of hydroxylamine groups is 1. The van der Waals surface area contributed by atoms with Crippen molar-refractivity contribution in [3.8, 4) is 0 Å². The van der Waals surface area contributed by atoms with E-state index in [4.69, 9.17) is 4.84 Å². The Morgan fingerprint density at radius 3 is 2.88 bits per heavy atom. The zero-order valence-electron chi connectivity index (χ0n) is 9.69. The Hall–Kier alpha value is -1.19. The Bertz CT molecular complexity index is 387. The Balaban J connectivity index is 1.94. The van der Waals surface area contributed by atoms with Crippen LogP contribution in [0.2, 0.25) is 0 Å². The van der Waals surface area contributed by atoms with Crippen molar-refractivity contribution < 1.29 is 9.63 Å². The van der Waals surface area contributed by atoms with Crippen molar-refractivity contribution in [1.29, 1.82) is 0 Å². The first kappa shape index (κ1) is 11.3. The number of nitrogens with one attached hydrogen (secondary N) is 1. The molecular weight excluding hydrogens is 202 g/mol. The van der Waals surface area contributed by atoms with Crippen molar-refractivity contribution in [2.75, 3.05) is 6.54 Å². The molecule has 1 aromatic rings. The molecule has 0 aromatic heterocycles. The summed E-state index contributed by atoms with van der Waals surface area (Å²) in [5.41, 5.74) is 4.76. The molecule has 1 unspecified atom stereocenters. The van der Waals surface area contributed by atoms with Crippen LogP contribution in [0.3, 0.4) is 0 Å². The third-order valence-corrected chi connectivity index (χ3v) is 2.70. The molecule has 16 heavy (non-hydrogen) atoms. The van der Waals surface area contributed by atoms with E-state index in [1.54, 1.807) is 0 Å². The fourth-order valence-electron chi connectivity index (χ4n) is 1.82. The number of ketones is 1. The minimum Gasteiger partial charge on any atom is -0.291 e. The van der Waals surface area contributed by atoms with Gasteiger partial charge < -0.3 is 0 Å². The average molecular weight is 219 g/mol. The lowest BCUT2D eigenvalue weighted by Crippen LogP contribution is -2.30. The van der Waals surface area contributed by atoms with Crippen molar-refractivity contribution in [3.05, 3.63) is 35.4 Å². The van der Waals surface area contributed by atoms with Gasteiger partial charge in [-0.05, 0) is 11.5 Å². The van der Waals surface area contributed by atoms with Crippen LogP contribution in [0.4, 0.5) is 0 Å². The molecule has 1 aromatic carbocycles. The van der Waals surface area contributed by atoms with Gasteiger partial charge in [-0.2, -0.15) is 0 Å². The monoisotopic (exact) mass is 219 g/mol. The third-order valence-electron chi connectivity index (χ3n) is 2.70. The fraction of sp³-hybridized carbons (Fsp3) is 0.462. The van der Waals surface area contributed by atoms with Crippen LogP contribution in [0.15, 0.2) is 24.3 Å². The van der Waals surface area contributed by atoms with Crippen molar-refractivity contribution in [2.45, 2.75) is 26.4 Å². The van der Waals surface area contributed by atoms with Crippen LogP contribution in [0.25, 0.3) is 0 Å². The lowest BCUT2D eigenvalue weighted by molar-refractivity contribution is -0.0135. The molecule has 0 radical (unpaired) electrons. The van der Waals surface area contributed by atoms with Gasteiger partial charge in [0.2, 0.25) is 0 Å². The van der Waals surface area contributed by atoms with Gasteiger partial charge in [-0.15, -0.1) is 0 Å². The summed E-state index contributed by atoms with van der Waals surface area (Å²) < 4.78 is 0. The Morgan fingerprint density at radius 2 is 2.19 bits per heavy atom. The molecule has 0 saturated heterocycles. The lowest BCUT2D eigenvalue weighted by atomic mass is 10.1. The first-order chi connectivity index (χ1) is 7.68. The van der Waals surface area contributed by atoms with Crippen LogP contribution < -0.4 is 5.48 Å². The molecule has 2 rings (SSSR count). The molecule has 0 heterocycles. The zero-order chi connectivity index (χ0) is 11.5. The minimum atomic E-state index is -0.351. The first-order valence-electron chi connectivity index (χ1n) is 5.69. The van der Waals surface area contributed by atoms with Crippen LogP contribution in [-0.2, 0) is 11.3 Å². The maximum absolute atomic E-state index is 11.9. The number of hydrogen-bond acceptors (Lipinski definition) is 3. The predicted molar refractivity (Wildman–Crippen MR) is 62.2 cm³/mol. The quantitative estimate of drug-likeness (QED) is 0.787. The number of Topliss-reactive ketones (excluding diaryl/α,β-unsaturated/α-hetero) is 1. The average Bonchev–Trinajstić information content (AvgIpc) is 2.56. The van der Waals surface area contributed by atoms with Crippen molar-refractivity contribution >= 4 is 5.78 Å². The summed E-state index contributed by atoms with van der Waals surface area (Å²) in [4.78, 5) is 17.3. The van der Waals surface area contributed by atoms with E-state index in [1.165, 1.54) is 0 Å². The largest absolute Gasteiger partial charge is 0.291 e. The standard InChI is InChI=1S/C13H17NO2/c1-9(2)8-14-16-12-7-10-5-3-4-6-11(10)13(12)15/h3-6,9,12,14H,7-8H2,1-2H3. The summed E-state index contributed by atoms with van der Waals surface area (Å²) in [6, 6.07) is 7.69. The number of carbonyl (C=O) groups excluding carboxylic acids is 1. The predicted octanol–water partition coefficient (Wildman–Crippen LogP) is 1.97. The summed E-state index contributed by atoms with van der Waals surface area (Å²) in [5.74, 6) is 0.603.